The van der Waals surface area contributed by atoms with Crippen LogP contribution in [0.3, 0.4) is 0 Å². The van der Waals surface area contributed by atoms with Crippen LogP contribution in [0.2, 0.25) is 0 Å². The van der Waals surface area contributed by atoms with E-state index in [1.54, 1.807) is 7.11 Å². The third kappa shape index (κ3) is 4.72. The van der Waals surface area contributed by atoms with Crippen molar-refractivity contribution < 1.29 is 9.47 Å². The minimum atomic E-state index is 0.164. The molecule has 0 saturated carbocycles. The highest BCUT2D eigenvalue weighted by atomic mass is 16.5. The Kier molecular flexibility index (Phi) is 7.76. The van der Waals surface area contributed by atoms with Crippen LogP contribution in [-0.2, 0) is 4.74 Å². The summed E-state index contributed by atoms with van der Waals surface area (Å²) in [6.45, 7) is 12.4. The van der Waals surface area contributed by atoms with Gasteiger partial charge in [0.2, 0.25) is 0 Å². The monoisotopic (exact) mass is 293 g/mol. The zero-order valence-electron chi connectivity index (χ0n) is 14.5. The van der Waals surface area contributed by atoms with E-state index in [0.717, 1.165) is 31.7 Å². The number of benzene rings is 1. The Hall–Kier alpha value is -1.06. The number of hydrogen-bond acceptors (Lipinski definition) is 3. The summed E-state index contributed by atoms with van der Waals surface area (Å²) >= 11 is 0. The Labute approximate surface area is 130 Å². The van der Waals surface area contributed by atoms with Crippen molar-refractivity contribution in [3.63, 3.8) is 0 Å². The highest BCUT2D eigenvalue weighted by molar-refractivity contribution is 5.45. The van der Waals surface area contributed by atoms with Gasteiger partial charge >= 0.3 is 0 Å². The lowest BCUT2D eigenvalue weighted by atomic mass is 9.93. The summed E-state index contributed by atoms with van der Waals surface area (Å²) in [5.41, 5.74) is 3.72. The predicted molar refractivity (Wildman–Crippen MR) is 89.2 cm³/mol. The van der Waals surface area contributed by atoms with E-state index in [-0.39, 0.29) is 12.1 Å². The number of nitrogens with one attached hydrogen (secondary N) is 1. The Morgan fingerprint density at radius 1 is 1.14 bits per heavy atom. The van der Waals surface area contributed by atoms with Crippen molar-refractivity contribution in [2.45, 2.75) is 59.6 Å². The molecule has 120 valence electrons. The molecule has 0 spiro atoms. The van der Waals surface area contributed by atoms with E-state index in [1.807, 2.05) is 0 Å². The minimum absolute atomic E-state index is 0.164. The molecule has 1 aromatic carbocycles. The number of methoxy groups -OCH3 is 1. The molecule has 0 aliphatic carbocycles. The highest BCUT2D eigenvalue weighted by Crippen LogP contribution is 2.33. The Morgan fingerprint density at radius 3 is 2.38 bits per heavy atom. The second-order valence-corrected chi connectivity index (χ2v) is 5.53. The Balaban J connectivity index is 3.23. The number of ether oxygens (including phenoxy) is 2. The molecule has 3 nitrogen and oxygen atoms in total. The first kappa shape index (κ1) is 18.0. The second kappa shape index (κ2) is 9.06. The SMILES string of the molecule is CCCNC(c1c(C)cc(C)cc1OC)C(CC)OCC. The van der Waals surface area contributed by atoms with Gasteiger partial charge in [0, 0.05) is 12.2 Å². The second-order valence-electron chi connectivity index (χ2n) is 5.53. The Morgan fingerprint density at radius 2 is 1.86 bits per heavy atom. The average Bonchev–Trinajstić information content (AvgIpc) is 2.46. The lowest BCUT2D eigenvalue weighted by Crippen LogP contribution is -2.35. The quantitative estimate of drug-likeness (QED) is 0.741. The van der Waals surface area contributed by atoms with E-state index in [4.69, 9.17) is 9.47 Å². The molecule has 0 amide bonds. The van der Waals surface area contributed by atoms with Crippen molar-refractivity contribution in [3.05, 3.63) is 28.8 Å². The Bertz CT molecular complexity index is 431. The minimum Gasteiger partial charge on any atom is -0.496 e. The molecule has 21 heavy (non-hydrogen) atoms. The zero-order chi connectivity index (χ0) is 15.8. The van der Waals surface area contributed by atoms with Crippen LogP contribution in [0.15, 0.2) is 12.1 Å². The molecule has 0 radical (unpaired) electrons. The average molecular weight is 293 g/mol. The molecule has 2 atom stereocenters. The third-order valence-electron chi connectivity index (χ3n) is 3.79. The fourth-order valence-electron chi connectivity index (χ4n) is 2.89. The molecule has 0 aromatic heterocycles. The van der Waals surface area contributed by atoms with Gasteiger partial charge in [-0.15, -0.1) is 0 Å². The molecule has 0 heterocycles. The van der Waals surface area contributed by atoms with Crippen molar-refractivity contribution in [2.75, 3.05) is 20.3 Å². The van der Waals surface area contributed by atoms with Crippen molar-refractivity contribution in [1.82, 2.24) is 5.32 Å². The van der Waals surface area contributed by atoms with Crippen LogP contribution in [0, 0.1) is 13.8 Å². The summed E-state index contributed by atoms with van der Waals surface area (Å²) < 4.78 is 11.6. The van der Waals surface area contributed by atoms with Crippen molar-refractivity contribution in [2.24, 2.45) is 0 Å². The largest absolute Gasteiger partial charge is 0.496 e. The fourth-order valence-corrected chi connectivity index (χ4v) is 2.89. The van der Waals surface area contributed by atoms with Gasteiger partial charge in [-0.25, -0.2) is 0 Å². The van der Waals surface area contributed by atoms with Crippen LogP contribution >= 0.6 is 0 Å². The topological polar surface area (TPSA) is 30.5 Å². The van der Waals surface area contributed by atoms with E-state index < -0.39 is 0 Å². The van der Waals surface area contributed by atoms with Crippen LogP contribution in [0.4, 0.5) is 0 Å². The van der Waals surface area contributed by atoms with E-state index in [0.29, 0.717) is 0 Å². The molecule has 1 rings (SSSR count). The molecule has 3 heteroatoms. The van der Waals surface area contributed by atoms with Gasteiger partial charge in [0.1, 0.15) is 5.75 Å². The molecule has 0 aliphatic heterocycles. The van der Waals surface area contributed by atoms with Crippen molar-refractivity contribution in [3.8, 4) is 5.75 Å². The van der Waals surface area contributed by atoms with Gasteiger partial charge in [-0.05, 0) is 57.4 Å². The molecule has 0 fully saturated rings. The van der Waals surface area contributed by atoms with Gasteiger partial charge in [-0.2, -0.15) is 0 Å². The van der Waals surface area contributed by atoms with Gasteiger partial charge in [0.15, 0.2) is 0 Å². The van der Waals surface area contributed by atoms with Gasteiger partial charge < -0.3 is 14.8 Å². The number of rotatable bonds is 9. The maximum absolute atomic E-state index is 5.97. The summed E-state index contributed by atoms with van der Waals surface area (Å²) in [6, 6.07) is 4.50. The smallest absolute Gasteiger partial charge is 0.124 e. The summed E-state index contributed by atoms with van der Waals surface area (Å²) in [6.07, 6.45) is 2.25. The molecule has 1 aromatic rings. The molecule has 0 aliphatic rings. The highest BCUT2D eigenvalue weighted by Gasteiger charge is 2.26. The first-order chi connectivity index (χ1) is 10.1. The molecule has 1 N–H and O–H groups in total. The van der Waals surface area contributed by atoms with Crippen molar-refractivity contribution >= 4 is 0 Å². The summed E-state index contributed by atoms with van der Waals surface area (Å²) in [7, 11) is 1.75. The van der Waals surface area contributed by atoms with Gasteiger partial charge in [0.25, 0.3) is 0 Å². The van der Waals surface area contributed by atoms with Crippen LogP contribution in [0.25, 0.3) is 0 Å². The van der Waals surface area contributed by atoms with E-state index in [1.165, 1.54) is 16.7 Å². The number of hydrogen-bond donors (Lipinski definition) is 1. The molecule has 2 unspecified atom stereocenters. The summed E-state index contributed by atoms with van der Waals surface area (Å²) in [5.74, 6) is 0.958. The first-order valence-corrected chi connectivity index (χ1v) is 8.09. The molecule has 0 saturated heterocycles. The molecular formula is C18H31NO2. The van der Waals surface area contributed by atoms with Crippen LogP contribution in [0.1, 0.15) is 56.3 Å². The van der Waals surface area contributed by atoms with E-state index >= 15 is 0 Å². The molecular weight excluding hydrogens is 262 g/mol. The maximum Gasteiger partial charge on any atom is 0.124 e. The van der Waals surface area contributed by atoms with Crippen LogP contribution < -0.4 is 10.1 Å². The lowest BCUT2D eigenvalue weighted by molar-refractivity contribution is 0.0306. The van der Waals surface area contributed by atoms with Crippen LogP contribution in [-0.4, -0.2) is 26.4 Å². The fraction of sp³-hybridized carbons (Fsp3) is 0.667. The summed E-state index contributed by atoms with van der Waals surface area (Å²) in [4.78, 5) is 0. The van der Waals surface area contributed by atoms with E-state index in [9.17, 15) is 0 Å². The standard InChI is InChI=1S/C18H31NO2/c1-7-10-19-18(15(8-2)21-9-3)17-14(5)11-13(4)12-16(17)20-6/h11-12,15,18-19H,7-10H2,1-6H3. The lowest BCUT2D eigenvalue weighted by Gasteiger charge is -2.30. The van der Waals surface area contributed by atoms with Gasteiger partial charge in [0.05, 0.1) is 19.3 Å². The van der Waals surface area contributed by atoms with Gasteiger partial charge in [-0.1, -0.05) is 19.9 Å². The maximum atomic E-state index is 5.97. The molecule has 0 bridgehead atoms. The van der Waals surface area contributed by atoms with E-state index in [2.05, 4.69) is 52.1 Å². The van der Waals surface area contributed by atoms with Gasteiger partial charge in [-0.3, -0.25) is 0 Å². The normalized spacial score (nSPS) is 14.0. The van der Waals surface area contributed by atoms with Crippen molar-refractivity contribution in [1.29, 1.82) is 0 Å². The first-order valence-electron chi connectivity index (χ1n) is 8.09. The third-order valence-corrected chi connectivity index (χ3v) is 3.79. The summed E-state index contributed by atoms with van der Waals surface area (Å²) in [5, 5.41) is 3.65. The zero-order valence-corrected chi connectivity index (χ0v) is 14.5. The predicted octanol–water partition coefficient (Wildman–Crippen LogP) is 4.17. The van der Waals surface area contributed by atoms with Crippen LogP contribution in [0.5, 0.6) is 5.75 Å². The number of aryl methyl sites for hydroxylation is 2.